The molecule has 0 aliphatic rings. The van der Waals surface area contributed by atoms with Crippen molar-refractivity contribution in [3.05, 3.63) is 60.8 Å². The maximum Gasteiger partial charge on any atom is 0.310 e. The summed E-state index contributed by atoms with van der Waals surface area (Å²) in [6, 6.07) is 0. The molecule has 0 aromatic rings. The summed E-state index contributed by atoms with van der Waals surface area (Å²) in [6.07, 6.45) is 74.3. The number of carbonyl (C=O) groups excluding carboxylic acids is 3. The van der Waals surface area contributed by atoms with E-state index in [0.717, 1.165) is 70.6 Å². The van der Waals surface area contributed by atoms with Gasteiger partial charge in [0.05, 0.1) is 6.42 Å². The highest BCUT2D eigenvalue weighted by Gasteiger charge is 2.19. The third-order valence-corrected chi connectivity index (χ3v) is 13.3. The normalized spacial score (nSPS) is 12.4. The van der Waals surface area contributed by atoms with Crippen LogP contribution in [0.3, 0.4) is 0 Å². The number of unbranched alkanes of at least 4 members (excludes halogenated alkanes) is 35. The van der Waals surface area contributed by atoms with Crippen LogP contribution in [0.2, 0.25) is 0 Å². The second kappa shape index (κ2) is 58.7. The van der Waals surface area contributed by atoms with E-state index in [9.17, 15) is 14.4 Å². The molecule has 0 aliphatic heterocycles. The van der Waals surface area contributed by atoms with E-state index in [4.69, 9.17) is 14.2 Å². The fraction of sp³-hybridized carbons (Fsp3) is 0.797. The van der Waals surface area contributed by atoms with Crippen molar-refractivity contribution in [3.8, 4) is 0 Å². The van der Waals surface area contributed by atoms with Crippen molar-refractivity contribution in [1.82, 2.24) is 0 Å². The van der Waals surface area contributed by atoms with Crippen molar-refractivity contribution in [3.63, 3.8) is 0 Å². The first-order valence-electron chi connectivity index (χ1n) is 30.3. The lowest BCUT2D eigenvalue weighted by Gasteiger charge is -2.18. The molecule has 1 atom stereocenters. The lowest BCUT2D eigenvalue weighted by atomic mass is 10.0. The molecule has 0 heterocycles. The molecule has 6 nitrogen and oxygen atoms in total. The predicted molar refractivity (Wildman–Crippen MR) is 302 cm³/mol. The molecule has 0 aromatic heterocycles. The molecule has 0 spiro atoms. The van der Waals surface area contributed by atoms with E-state index < -0.39 is 12.1 Å². The second-order valence-corrected chi connectivity index (χ2v) is 20.3. The summed E-state index contributed by atoms with van der Waals surface area (Å²) in [7, 11) is 0. The summed E-state index contributed by atoms with van der Waals surface area (Å²) >= 11 is 0. The molecule has 406 valence electrons. The summed E-state index contributed by atoms with van der Waals surface area (Å²) in [5, 5.41) is 0. The molecule has 0 fully saturated rings. The number of allylic oxidation sites excluding steroid dienone is 9. The molecular formula is C64H114O6. The molecule has 0 aliphatic carbocycles. The van der Waals surface area contributed by atoms with Crippen LogP contribution in [0.4, 0.5) is 0 Å². The fourth-order valence-electron chi connectivity index (χ4n) is 8.82. The molecule has 0 aromatic carbocycles. The highest BCUT2D eigenvalue weighted by molar-refractivity contribution is 5.72. The van der Waals surface area contributed by atoms with E-state index in [1.807, 2.05) is 6.08 Å². The average molecular weight is 980 g/mol. The van der Waals surface area contributed by atoms with Crippen molar-refractivity contribution in [2.45, 2.75) is 316 Å². The Kier molecular flexibility index (Phi) is 56.3. The Bertz CT molecular complexity index is 1260. The molecule has 0 amide bonds. The summed E-state index contributed by atoms with van der Waals surface area (Å²) in [5.41, 5.74) is 0. The maximum atomic E-state index is 12.7. The zero-order chi connectivity index (χ0) is 50.7. The van der Waals surface area contributed by atoms with Crippen LogP contribution in [0.1, 0.15) is 310 Å². The molecule has 1 unspecified atom stereocenters. The highest BCUT2D eigenvalue weighted by Crippen LogP contribution is 2.17. The topological polar surface area (TPSA) is 78.9 Å². The molecule has 6 heteroatoms. The quantitative estimate of drug-likeness (QED) is 0.0261. The van der Waals surface area contributed by atoms with Crippen LogP contribution in [0.5, 0.6) is 0 Å². The third-order valence-electron chi connectivity index (χ3n) is 13.3. The molecular weight excluding hydrogens is 865 g/mol. The Morgan fingerprint density at radius 1 is 0.300 bits per heavy atom. The zero-order valence-electron chi connectivity index (χ0n) is 46.5. The van der Waals surface area contributed by atoms with Gasteiger partial charge in [0.15, 0.2) is 6.10 Å². The van der Waals surface area contributed by atoms with E-state index in [0.29, 0.717) is 12.8 Å². The van der Waals surface area contributed by atoms with Gasteiger partial charge in [-0.25, -0.2) is 0 Å². The van der Waals surface area contributed by atoms with Crippen molar-refractivity contribution in [2.75, 3.05) is 13.2 Å². The van der Waals surface area contributed by atoms with Crippen molar-refractivity contribution >= 4 is 17.9 Å². The molecule has 0 bridgehead atoms. The number of ether oxygens (including phenoxy) is 3. The summed E-state index contributed by atoms with van der Waals surface area (Å²) in [6.45, 7) is 6.44. The third kappa shape index (κ3) is 56.0. The van der Waals surface area contributed by atoms with E-state index in [2.05, 4.69) is 69.4 Å². The van der Waals surface area contributed by atoms with Gasteiger partial charge in [-0.15, -0.1) is 0 Å². The highest BCUT2D eigenvalue weighted by atomic mass is 16.6. The predicted octanol–water partition coefficient (Wildman–Crippen LogP) is 20.4. The molecule has 0 radical (unpaired) electrons. The Morgan fingerprint density at radius 2 is 0.543 bits per heavy atom. The smallest absolute Gasteiger partial charge is 0.310 e. The minimum Gasteiger partial charge on any atom is -0.462 e. The van der Waals surface area contributed by atoms with Gasteiger partial charge >= 0.3 is 17.9 Å². The lowest BCUT2D eigenvalue weighted by molar-refractivity contribution is -0.166. The van der Waals surface area contributed by atoms with Gasteiger partial charge in [-0.05, 0) is 44.9 Å². The molecule has 70 heavy (non-hydrogen) atoms. The van der Waals surface area contributed by atoms with Gasteiger partial charge in [-0.1, -0.05) is 306 Å². The number of hydrogen-bond donors (Lipinski definition) is 0. The van der Waals surface area contributed by atoms with Gasteiger partial charge in [0.1, 0.15) is 13.2 Å². The summed E-state index contributed by atoms with van der Waals surface area (Å²) in [5.74, 6) is -1.03. The number of esters is 3. The molecule has 0 N–H and O–H groups in total. The van der Waals surface area contributed by atoms with Crippen LogP contribution in [0.15, 0.2) is 60.8 Å². The van der Waals surface area contributed by atoms with Gasteiger partial charge in [-0.3, -0.25) is 14.4 Å². The first-order valence-corrected chi connectivity index (χ1v) is 30.3. The van der Waals surface area contributed by atoms with Gasteiger partial charge < -0.3 is 14.2 Å². The van der Waals surface area contributed by atoms with E-state index >= 15 is 0 Å². The van der Waals surface area contributed by atoms with Crippen LogP contribution in [0, 0.1) is 0 Å². The van der Waals surface area contributed by atoms with Crippen LogP contribution in [-0.4, -0.2) is 37.2 Å². The first-order chi connectivity index (χ1) is 34.5. The number of rotatable bonds is 55. The van der Waals surface area contributed by atoms with Gasteiger partial charge in [0.2, 0.25) is 0 Å². The first kappa shape index (κ1) is 67.1. The largest absolute Gasteiger partial charge is 0.462 e. The van der Waals surface area contributed by atoms with Crippen molar-refractivity contribution in [2.24, 2.45) is 0 Å². The Morgan fingerprint density at radius 3 is 0.814 bits per heavy atom. The number of carbonyl (C=O) groups is 3. The molecule has 0 rings (SSSR count). The standard InChI is InChI=1S/C64H114O6/c1-4-7-10-13-16-19-21-23-25-26-27-28-29-30-31-32-33-34-35-36-37-38-40-41-43-45-48-51-54-57-63(66)69-60-61(59-68-62(65)56-53-50-47-18-15-12-9-6-3)70-64(67)58-55-52-49-46-44-42-39-24-22-20-17-14-11-8-5-2/h8,11,17,20,24,39,44,46,52,55,61H,4-7,9-10,12-16,18-19,21-23,25-38,40-43,45,47-51,53-54,56-60H2,1-3H3/b11-8-,20-17-,39-24-,46-44-,55-52-. The average Bonchev–Trinajstić information content (AvgIpc) is 3.36. The van der Waals surface area contributed by atoms with E-state index in [1.165, 1.54) is 199 Å². The Hall–Kier alpha value is -2.89. The minimum absolute atomic E-state index is 0.101. The van der Waals surface area contributed by atoms with Crippen molar-refractivity contribution in [1.29, 1.82) is 0 Å². The summed E-state index contributed by atoms with van der Waals surface area (Å²) in [4.78, 5) is 37.9. The van der Waals surface area contributed by atoms with E-state index in [1.54, 1.807) is 6.08 Å². The van der Waals surface area contributed by atoms with E-state index in [-0.39, 0.29) is 31.6 Å². The Labute approximate surface area is 434 Å². The van der Waals surface area contributed by atoms with Crippen LogP contribution in [-0.2, 0) is 28.6 Å². The molecule has 0 saturated carbocycles. The molecule has 0 saturated heterocycles. The Balaban J connectivity index is 4.11. The zero-order valence-corrected chi connectivity index (χ0v) is 46.5. The van der Waals surface area contributed by atoms with Gasteiger partial charge in [0.25, 0.3) is 0 Å². The number of hydrogen-bond acceptors (Lipinski definition) is 6. The van der Waals surface area contributed by atoms with Gasteiger partial charge in [0, 0.05) is 12.8 Å². The van der Waals surface area contributed by atoms with Crippen molar-refractivity contribution < 1.29 is 28.6 Å². The second-order valence-electron chi connectivity index (χ2n) is 20.3. The van der Waals surface area contributed by atoms with Crippen LogP contribution >= 0.6 is 0 Å². The summed E-state index contributed by atoms with van der Waals surface area (Å²) < 4.78 is 16.7. The lowest BCUT2D eigenvalue weighted by Crippen LogP contribution is -2.30. The minimum atomic E-state index is -0.824. The maximum absolute atomic E-state index is 12.7. The van der Waals surface area contributed by atoms with Crippen LogP contribution < -0.4 is 0 Å². The fourth-order valence-corrected chi connectivity index (χ4v) is 8.82. The SMILES string of the molecule is CC/C=C\C/C=C\C/C=C\C/C=C\C/C=C\CC(=O)OC(COC(=O)CCCCCCCCCC)COC(=O)CCCCCCCCCCCCCCCCCCCCCCCCCCCCCCC. The van der Waals surface area contributed by atoms with Gasteiger partial charge in [-0.2, -0.15) is 0 Å². The van der Waals surface area contributed by atoms with Crippen LogP contribution in [0.25, 0.3) is 0 Å². The monoisotopic (exact) mass is 979 g/mol.